The van der Waals surface area contributed by atoms with Crippen molar-refractivity contribution < 1.29 is 4.74 Å². The molecule has 1 heterocycles. The number of rotatable bonds is 5. The second-order valence-electron chi connectivity index (χ2n) is 4.71. The quantitative estimate of drug-likeness (QED) is 0.891. The molecular formula is C16H20N2O. The highest BCUT2D eigenvalue weighted by atomic mass is 16.5. The number of nitrogens with zero attached hydrogens (tertiary/aromatic N) is 1. The van der Waals surface area contributed by atoms with Crippen molar-refractivity contribution in [1.29, 1.82) is 0 Å². The molecular weight excluding hydrogens is 236 g/mol. The molecule has 3 heteroatoms. The molecule has 19 heavy (non-hydrogen) atoms. The van der Waals surface area contributed by atoms with E-state index < -0.39 is 0 Å². The van der Waals surface area contributed by atoms with Crippen LogP contribution in [0.4, 0.5) is 0 Å². The Morgan fingerprint density at radius 3 is 2.79 bits per heavy atom. The molecule has 0 fully saturated rings. The fraction of sp³-hybridized carbons (Fsp3) is 0.312. The van der Waals surface area contributed by atoms with E-state index in [2.05, 4.69) is 41.5 Å². The van der Waals surface area contributed by atoms with Gasteiger partial charge in [-0.1, -0.05) is 18.2 Å². The second-order valence-corrected chi connectivity index (χ2v) is 4.71. The van der Waals surface area contributed by atoms with Crippen molar-refractivity contribution >= 4 is 0 Å². The smallest absolute Gasteiger partial charge is 0.119 e. The molecule has 0 aliphatic heterocycles. The number of pyridine rings is 1. The van der Waals surface area contributed by atoms with Crippen molar-refractivity contribution in [2.45, 2.75) is 26.4 Å². The van der Waals surface area contributed by atoms with Gasteiger partial charge in [0.15, 0.2) is 0 Å². The second kappa shape index (κ2) is 6.34. The number of methoxy groups -OCH3 is 1. The van der Waals surface area contributed by atoms with Crippen LogP contribution in [0, 0.1) is 6.92 Å². The third-order valence-electron chi connectivity index (χ3n) is 3.16. The van der Waals surface area contributed by atoms with Crippen molar-refractivity contribution in [3.8, 4) is 5.75 Å². The van der Waals surface area contributed by atoms with E-state index in [-0.39, 0.29) is 6.04 Å². The van der Waals surface area contributed by atoms with E-state index in [1.807, 2.05) is 25.3 Å². The Morgan fingerprint density at radius 2 is 2.11 bits per heavy atom. The first kappa shape index (κ1) is 13.6. The molecule has 0 bridgehead atoms. The molecule has 2 rings (SSSR count). The lowest BCUT2D eigenvalue weighted by Gasteiger charge is -2.15. The predicted octanol–water partition coefficient (Wildman–Crippen LogP) is 3.25. The minimum Gasteiger partial charge on any atom is -0.497 e. The molecule has 0 radical (unpaired) electrons. The SMILES string of the molecule is COc1cccc([C@@H](C)NCc2ccc(C)cn2)c1. The zero-order valence-electron chi connectivity index (χ0n) is 11.7. The van der Waals surface area contributed by atoms with Crippen LogP contribution in [0.1, 0.15) is 29.8 Å². The summed E-state index contributed by atoms with van der Waals surface area (Å²) >= 11 is 0. The molecule has 3 nitrogen and oxygen atoms in total. The molecule has 0 saturated carbocycles. The average molecular weight is 256 g/mol. The lowest BCUT2D eigenvalue weighted by molar-refractivity contribution is 0.413. The molecule has 0 amide bonds. The predicted molar refractivity (Wildman–Crippen MR) is 77.2 cm³/mol. The molecule has 0 saturated heterocycles. The summed E-state index contributed by atoms with van der Waals surface area (Å²) in [6.45, 7) is 4.95. The van der Waals surface area contributed by atoms with Crippen molar-refractivity contribution in [3.05, 3.63) is 59.4 Å². The molecule has 1 N–H and O–H groups in total. The van der Waals surface area contributed by atoms with Gasteiger partial charge in [0.05, 0.1) is 12.8 Å². The van der Waals surface area contributed by atoms with E-state index in [0.29, 0.717) is 0 Å². The van der Waals surface area contributed by atoms with Crippen LogP contribution in [0.3, 0.4) is 0 Å². The van der Waals surface area contributed by atoms with Crippen LogP contribution in [0.5, 0.6) is 5.75 Å². The monoisotopic (exact) mass is 256 g/mol. The maximum Gasteiger partial charge on any atom is 0.119 e. The van der Waals surface area contributed by atoms with E-state index in [9.17, 15) is 0 Å². The molecule has 0 aliphatic rings. The zero-order valence-corrected chi connectivity index (χ0v) is 11.7. The van der Waals surface area contributed by atoms with Gasteiger partial charge in [-0.25, -0.2) is 0 Å². The summed E-state index contributed by atoms with van der Waals surface area (Å²) in [5, 5.41) is 3.47. The van der Waals surface area contributed by atoms with Crippen molar-refractivity contribution in [1.82, 2.24) is 10.3 Å². The maximum absolute atomic E-state index is 5.24. The Bertz CT molecular complexity index is 523. The van der Waals surface area contributed by atoms with Gasteiger partial charge in [-0.15, -0.1) is 0 Å². The first-order valence-electron chi connectivity index (χ1n) is 6.48. The molecule has 0 aliphatic carbocycles. The van der Waals surface area contributed by atoms with Crippen LogP contribution in [0.2, 0.25) is 0 Å². The van der Waals surface area contributed by atoms with Crippen LogP contribution in [0.15, 0.2) is 42.6 Å². The van der Waals surface area contributed by atoms with Gasteiger partial charge in [0.2, 0.25) is 0 Å². The van der Waals surface area contributed by atoms with E-state index in [1.165, 1.54) is 11.1 Å². The number of ether oxygens (including phenoxy) is 1. The van der Waals surface area contributed by atoms with Crippen molar-refractivity contribution in [3.63, 3.8) is 0 Å². The Morgan fingerprint density at radius 1 is 1.26 bits per heavy atom. The highest BCUT2D eigenvalue weighted by Gasteiger charge is 2.06. The highest BCUT2D eigenvalue weighted by Crippen LogP contribution is 2.18. The van der Waals surface area contributed by atoms with Gasteiger partial charge in [-0.3, -0.25) is 4.98 Å². The van der Waals surface area contributed by atoms with Crippen LogP contribution >= 0.6 is 0 Å². The molecule has 1 aromatic carbocycles. The minimum atomic E-state index is 0.262. The largest absolute Gasteiger partial charge is 0.497 e. The van der Waals surface area contributed by atoms with E-state index in [4.69, 9.17) is 4.74 Å². The molecule has 2 aromatic rings. The number of hydrogen-bond acceptors (Lipinski definition) is 3. The lowest BCUT2D eigenvalue weighted by atomic mass is 10.1. The molecule has 100 valence electrons. The van der Waals surface area contributed by atoms with Crippen LogP contribution in [0.25, 0.3) is 0 Å². The van der Waals surface area contributed by atoms with Crippen LogP contribution < -0.4 is 10.1 Å². The Balaban J connectivity index is 1.96. The number of benzene rings is 1. The molecule has 0 spiro atoms. The molecule has 1 atom stereocenters. The standard InChI is InChI=1S/C16H20N2O/c1-12-7-8-15(18-10-12)11-17-13(2)14-5-4-6-16(9-14)19-3/h4-10,13,17H,11H2,1-3H3/t13-/m1/s1. The summed E-state index contributed by atoms with van der Waals surface area (Å²) in [5.41, 5.74) is 3.46. The van der Waals surface area contributed by atoms with Gasteiger partial charge < -0.3 is 10.1 Å². The van der Waals surface area contributed by atoms with Gasteiger partial charge in [0.1, 0.15) is 5.75 Å². The fourth-order valence-corrected chi connectivity index (χ4v) is 1.89. The summed E-state index contributed by atoms with van der Waals surface area (Å²) in [5.74, 6) is 0.889. The zero-order chi connectivity index (χ0) is 13.7. The van der Waals surface area contributed by atoms with E-state index in [1.54, 1.807) is 7.11 Å². The summed E-state index contributed by atoms with van der Waals surface area (Å²) < 4.78 is 5.24. The number of nitrogens with one attached hydrogen (secondary N) is 1. The third kappa shape index (κ3) is 3.80. The molecule has 1 aromatic heterocycles. The molecule has 0 unspecified atom stereocenters. The topological polar surface area (TPSA) is 34.1 Å². The maximum atomic E-state index is 5.24. The number of aryl methyl sites for hydroxylation is 1. The van der Waals surface area contributed by atoms with Gasteiger partial charge in [-0.05, 0) is 43.2 Å². The van der Waals surface area contributed by atoms with E-state index >= 15 is 0 Å². The van der Waals surface area contributed by atoms with Gasteiger partial charge in [0.25, 0.3) is 0 Å². The van der Waals surface area contributed by atoms with Crippen LogP contribution in [-0.2, 0) is 6.54 Å². The highest BCUT2D eigenvalue weighted by molar-refractivity contribution is 5.30. The Hall–Kier alpha value is -1.87. The normalized spacial score (nSPS) is 12.2. The number of hydrogen-bond donors (Lipinski definition) is 1. The van der Waals surface area contributed by atoms with E-state index in [0.717, 1.165) is 18.0 Å². The van der Waals surface area contributed by atoms with Crippen LogP contribution in [-0.4, -0.2) is 12.1 Å². The van der Waals surface area contributed by atoms with Gasteiger partial charge in [-0.2, -0.15) is 0 Å². The summed E-state index contributed by atoms with van der Waals surface area (Å²) in [6, 6.07) is 12.5. The first-order chi connectivity index (χ1) is 9.19. The first-order valence-corrected chi connectivity index (χ1v) is 6.48. The van der Waals surface area contributed by atoms with Gasteiger partial charge >= 0.3 is 0 Å². The summed E-state index contributed by atoms with van der Waals surface area (Å²) in [6.07, 6.45) is 1.90. The van der Waals surface area contributed by atoms with Crippen molar-refractivity contribution in [2.24, 2.45) is 0 Å². The van der Waals surface area contributed by atoms with Crippen molar-refractivity contribution in [2.75, 3.05) is 7.11 Å². The lowest BCUT2D eigenvalue weighted by Crippen LogP contribution is -2.18. The third-order valence-corrected chi connectivity index (χ3v) is 3.16. The number of aromatic nitrogens is 1. The average Bonchev–Trinajstić information content (AvgIpc) is 2.46. The minimum absolute atomic E-state index is 0.262. The Labute approximate surface area is 114 Å². The fourth-order valence-electron chi connectivity index (χ4n) is 1.89. The summed E-state index contributed by atoms with van der Waals surface area (Å²) in [4.78, 5) is 4.39. The van der Waals surface area contributed by atoms with Gasteiger partial charge in [0, 0.05) is 18.8 Å². The Kier molecular flexibility index (Phi) is 4.53. The summed E-state index contributed by atoms with van der Waals surface area (Å²) in [7, 11) is 1.69.